The van der Waals surface area contributed by atoms with E-state index in [0.29, 0.717) is 12.0 Å². The van der Waals surface area contributed by atoms with E-state index in [1.807, 2.05) is 42.7 Å². The van der Waals surface area contributed by atoms with Crippen molar-refractivity contribution in [3.05, 3.63) is 60.2 Å². The number of oxazole rings is 1. The van der Waals surface area contributed by atoms with Gasteiger partial charge in [-0.2, -0.15) is 0 Å². The fourth-order valence-corrected chi connectivity index (χ4v) is 3.98. The molecule has 1 aliphatic rings. The van der Waals surface area contributed by atoms with Crippen LogP contribution in [0, 0.1) is 5.92 Å². The van der Waals surface area contributed by atoms with Crippen molar-refractivity contribution < 1.29 is 4.42 Å². The lowest BCUT2D eigenvalue weighted by molar-refractivity contribution is 0.204. The molecule has 0 saturated carbocycles. The summed E-state index contributed by atoms with van der Waals surface area (Å²) in [5.74, 6) is 1.37. The Kier molecular flexibility index (Phi) is 4.51. The van der Waals surface area contributed by atoms with Crippen LogP contribution in [0.15, 0.2) is 53.2 Å². The van der Waals surface area contributed by atoms with E-state index in [1.54, 1.807) is 0 Å². The average Bonchev–Trinajstić information content (AvgIpc) is 3.18. The van der Waals surface area contributed by atoms with Crippen LogP contribution in [-0.4, -0.2) is 47.0 Å². The Morgan fingerprint density at radius 2 is 2.12 bits per heavy atom. The first-order valence-corrected chi connectivity index (χ1v) is 8.84. The first kappa shape index (κ1) is 16.2. The Labute approximate surface area is 148 Å². The number of benzene rings is 1. The van der Waals surface area contributed by atoms with Crippen molar-refractivity contribution in [2.24, 2.45) is 5.92 Å². The molecule has 5 nitrogen and oxygen atoms in total. The van der Waals surface area contributed by atoms with Gasteiger partial charge in [-0.1, -0.05) is 18.2 Å². The molecule has 3 aromatic rings. The van der Waals surface area contributed by atoms with Crippen molar-refractivity contribution in [2.45, 2.75) is 19.0 Å². The van der Waals surface area contributed by atoms with Crippen LogP contribution in [0.4, 0.5) is 0 Å². The number of aromatic nitrogens is 2. The van der Waals surface area contributed by atoms with Crippen LogP contribution in [0.1, 0.15) is 23.9 Å². The number of para-hydroxylation sites is 2. The molecule has 2 atom stereocenters. The number of rotatable bonds is 5. The molecule has 5 heteroatoms. The lowest BCUT2D eigenvalue weighted by Crippen LogP contribution is -2.30. The van der Waals surface area contributed by atoms with E-state index in [-0.39, 0.29) is 0 Å². The van der Waals surface area contributed by atoms with Gasteiger partial charge in [-0.3, -0.25) is 14.8 Å². The summed E-state index contributed by atoms with van der Waals surface area (Å²) in [6.45, 7) is 2.87. The molecule has 0 spiro atoms. The van der Waals surface area contributed by atoms with Gasteiger partial charge in [0.2, 0.25) is 5.89 Å². The van der Waals surface area contributed by atoms with E-state index in [9.17, 15) is 0 Å². The third-order valence-corrected chi connectivity index (χ3v) is 5.09. The second-order valence-electron chi connectivity index (χ2n) is 7.03. The number of fused-ring (bicyclic) bond motifs is 1. The van der Waals surface area contributed by atoms with Crippen LogP contribution < -0.4 is 0 Å². The summed E-state index contributed by atoms with van der Waals surface area (Å²) in [4.78, 5) is 13.7. The van der Waals surface area contributed by atoms with Crippen molar-refractivity contribution in [3.63, 3.8) is 0 Å². The first-order valence-electron chi connectivity index (χ1n) is 8.84. The lowest BCUT2D eigenvalue weighted by Gasteiger charge is -2.28. The molecule has 0 aliphatic carbocycles. The molecule has 1 aromatic carbocycles. The van der Waals surface area contributed by atoms with Gasteiger partial charge in [-0.15, -0.1) is 0 Å². The molecule has 1 aliphatic heterocycles. The van der Waals surface area contributed by atoms with Gasteiger partial charge in [0.05, 0.1) is 6.54 Å². The standard InChI is InChI=1S/C20H24N4O/c1-23(14-19-22-17-7-3-4-8-18(17)25-19)13-16-9-11-24(2)20(16)15-6-5-10-21-12-15/h3-8,10,12,16,20H,9,11,13-14H2,1-2H3/t16-,20-/m0/s1. The summed E-state index contributed by atoms with van der Waals surface area (Å²) in [5, 5.41) is 0. The largest absolute Gasteiger partial charge is 0.439 e. The highest BCUT2D eigenvalue weighted by Gasteiger charge is 2.33. The van der Waals surface area contributed by atoms with Crippen molar-refractivity contribution in [1.82, 2.24) is 19.8 Å². The minimum atomic E-state index is 0.430. The Morgan fingerprint density at radius 3 is 2.92 bits per heavy atom. The molecule has 1 saturated heterocycles. The lowest BCUT2D eigenvalue weighted by atomic mass is 9.94. The highest BCUT2D eigenvalue weighted by molar-refractivity contribution is 5.72. The van der Waals surface area contributed by atoms with E-state index >= 15 is 0 Å². The first-order chi connectivity index (χ1) is 12.2. The minimum absolute atomic E-state index is 0.430. The zero-order valence-electron chi connectivity index (χ0n) is 14.8. The summed E-state index contributed by atoms with van der Waals surface area (Å²) in [5.41, 5.74) is 3.10. The van der Waals surface area contributed by atoms with E-state index in [1.165, 1.54) is 12.0 Å². The van der Waals surface area contributed by atoms with Crippen molar-refractivity contribution >= 4 is 11.1 Å². The van der Waals surface area contributed by atoms with E-state index in [2.05, 4.69) is 39.9 Å². The van der Waals surface area contributed by atoms with Crippen molar-refractivity contribution in [2.75, 3.05) is 27.2 Å². The molecule has 3 heterocycles. The smallest absolute Gasteiger partial charge is 0.209 e. The third kappa shape index (κ3) is 3.43. The zero-order chi connectivity index (χ0) is 17.2. The van der Waals surface area contributed by atoms with Gasteiger partial charge in [0.1, 0.15) is 5.52 Å². The minimum Gasteiger partial charge on any atom is -0.439 e. The second-order valence-corrected chi connectivity index (χ2v) is 7.03. The van der Waals surface area contributed by atoms with Gasteiger partial charge < -0.3 is 4.42 Å². The number of hydrogen-bond donors (Lipinski definition) is 0. The molecule has 0 radical (unpaired) electrons. The Bertz CT molecular complexity index is 799. The van der Waals surface area contributed by atoms with E-state index in [0.717, 1.165) is 36.6 Å². The Hall–Kier alpha value is -2.24. The van der Waals surface area contributed by atoms with Gasteiger partial charge in [0.25, 0.3) is 0 Å². The van der Waals surface area contributed by atoms with Gasteiger partial charge in [-0.25, -0.2) is 4.98 Å². The van der Waals surface area contributed by atoms with Crippen LogP contribution in [-0.2, 0) is 6.54 Å². The van der Waals surface area contributed by atoms with E-state index < -0.39 is 0 Å². The fourth-order valence-electron chi connectivity index (χ4n) is 3.98. The maximum atomic E-state index is 5.86. The molecule has 0 bridgehead atoms. The predicted octanol–water partition coefficient (Wildman–Crippen LogP) is 3.35. The summed E-state index contributed by atoms with van der Waals surface area (Å²) >= 11 is 0. The average molecular weight is 336 g/mol. The van der Waals surface area contributed by atoms with Gasteiger partial charge >= 0.3 is 0 Å². The normalized spacial score (nSPS) is 21.4. The summed E-state index contributed by atoms with van der Waals surface area (Å²) in [7, 11) is 4.35. The van der Waals surface area contributed by atoms with Crippen LogP contribution in [0.25, 0.3) is 11.1 Å². The molecule has 0 N–H and O–H groups in total. The number of likely N-dealkylation sites (tertiary alicyclic amines) is 1. The van der Waals surface area contributed by atoms with Crippen LogP contribution in [0.5, 0.6) is 0 Å². The molecule has 25 heavy (non-hydrogen) atoms. The second kappa shape index (κ2) is 6.94. The third-order valence-electron chi connectivity index (χ3n) is 5.09. The maximum Gasteiger partial charge on any atom is 0.209 e. The van der Waals surface area contributed by atoms with Crippen LogP contribution in [0.3, 0.4) is 0 Å². The Balaban J connectivity index is 1.45. The fraction of sp³-hybridized carbons (Fsp3) is 0.400. The Morgan fingerprint density at radius 1 is 1.24 bits per heavy atom. The molecular weight excluding hydrogens is 312 g/mol. The summed E-state index contributed by atoms with van der Waals surface area (Å²) < 4.78 is 5.86. The quantitative estimate of drug-likeness (QED) is 0.715. The molecule has 2 aromatic heterocycles. The summed E-state index contributed by atoms with van der Waals surface area (Å²) in [6, 6.07) is 12.6. The monoisotopic (exact) mass is 336 g/mol. The van der Waals surface area contributed by atoms with Crippen molar-refractivity contribution in [3.8, 4) is 0 Å². The SMILES string of the molecule is CN(Cc1nc2ccccc2o1)C[C@@H]1CCN(C)[C@H]1c1cccnc1. The molecule has 0 unspecified atom stereocenters. The highest BCUT2D eigenvalue weighted by Crippen LogP contribution is 2.36. The van der Waals surface area contributed by atoms with Gasteiger partial charge in [0.15, 0.2) is 5.58 Å². The van der Waals surface area contributed by atoms with Gasteiger partial charge in [0, 0.05) is 25.0 Å². The molecule has 4 rings (SSSR count). The summed E-state index contributed by atoms with van der Waals surface area (Å²) in [6.07, 6.45) is 5.04. The van der Waals surface area contributed by atoms with Crippen LogP contribution in [0.2, 0.25) is 0 Å². The zero-order valence-corrected chi connectivity index (χ0v) is 14.8. The number of nitrogens with zero attached hydrogens (tertiary/aromatic N) is 4. The topological polar surface area (TPSA) is 45.4 Å². The number of pyridine rings is 1. The highest BCUT2D eigenvalue weighted by atomic mass is 16.3. The molecule has 1 fully saturated rings. The number of hydrogen-bond acceptors (Lipinski definition) is 5. The van der Waals surface area contributed by atoms with E-state index in [4.69, 9.17) is 4.42 Å². The van der Waals surface area contributed by atoms with Gasteiger partial charge in [-0.05, 0) is 56.7 Å². The van der Waals surface area contributed by atoms with Crippen molar-refractivity contribution in [1.29, 1.82) is 0 Å². The molecule has 0 amide bonds. The molecular formula is C20H24N4O. The van der Waals surface area contributed by atoms with Crippen LogP contribution >= 0.6 is 0 Å². The maximum absolute atomic E-state index is 5.86. The predicted molar refractivity (Wildman–Crippen MR) is 98.1 cm³/mol. The molecule has 130 valence electrons.